The topological polar surface area (TPSA) is 110 Å². The van der Waals surface area contributed by atoms with Crippen LogP contribution in [-0.4, -0.2) is 63.0 Å². The highest BCUT2D eigenvalue weighted by atomic mass is 16.5. The second-order valence-electron chi connectivity index (χ2n) is 7.65. The Morgan fingerprint density at radius 2 is 1.97 bits per heavy atom. The summed E-state index contributed by atoms with van der Waals surface area (Å²) >= 11 is 0. The molecule has 0 atom stereocenters. The molecule has 0 aromatic carbocycles. The van der Waals surface area contributed by atoms with Gasteiger partial charge in [-0.05, 0) is 40.7 Å². The standard InChI is InChI=1S/C21H28N8O2/c1-5-31-20-16(10-23-21(27-20)28-8-6-15(22-4)7-9-28)19(30)26-17-12-29-11-13(2)24-18(29)14(3)25-17/h10-12,15,22H,5-9H2,1-4H3,(H,26,30). The van der Waals surface area contributed by atoms with Crippen molar-refractivity contribution in [3.05, 3.63) is 35.5 Å². The second-order valence-corrected chi connectivity index (χ2v) is 7.65. The summed E-state index contributed by atoms with van der Waals surface area (Å²) in [5, 5.41) is 6.15. The highest BCUT2D eigenvalue weighted by Gasteiger charge is 2.23. The molecule has 4 heterocycles. The van der Waals surface area contributed by atoms with Crippen LogP contribution < -0.4 is 20.3 Å². The average Bonchev–Trinajstić information content (AvgIpc) is 3.14. The fraction of sp³-hybridized carbons (Fsp3) is 0.476. The smallest absolute Gasteiger partial charge is 0.263 e. The summed E-state index contributed by atoms with van der Waals surface area (Å²) in [6, 6.07) is 0.514. The lowest BCUT2D eigenvalue weighted by Crippen LogP contribution is -2.42. The van der Waals surface area contributed by atoms with E-state index in [0.717, 1.165) is 43.0 Å². The number of nitrogens with zero attached hydrogens (tertiary/aromatic N) is 6. The molecule has 3 aromatic heterocycles. The molecule has 1 fully saturated rings. The normalized spacial score (nSPS) is 14.8. The summed E-state index contributed by atoms with van der Waals surface area (Å²) in [6.45, 7) is 7.75. The number of imidazole rings is 1. The number of carbonyl (C=O) groups is 1. The lowest BCUT2D eigenvalue weighted by molar-refractivity contribution is 0.102. The van der Waals surface area contributed by atoms with Gasteiger partial charge in [0.25, 0.3) is 5.91 Å². The molecule has 1 aliphatic rings. The molecule has 4 rings (SSSR count). The number of aromatic nitrogens is 5. The largest absolute Gasteiger partial charge is 0.477 e. The molecule has 0 unspecified atom stereocenters. The first-order chi connectivity index (χ1) is 15.0. The number of amides is 1. The van der Waals surface area contributed by atoms with Crippen LogP contribution in [-0.2, 0) is 0 Å². The molecule has 0 aliphatic carbocycles. The van der Waals surface area contributed by atoms with Gasteiger partial charge in [0.2, 0.25) is 11.8 Å². The molecule has 1 amide bonds. The van der Waals surface area contributed by atoms with Crippen molar-refractivity contribution < 1.29 is 9.53 Å². The van der Waals surface area contributed by atoms with Crippen molar-refractivity contribution in [3.63, 3.8) is 0 Å². The monoisotopic (exact) mass is 424 g/mol. The van der Waals surface area contributed by atoms with Crippen molar-refractivity contribution in [2.45, 2.75) is 39.7 Å². The molecule has 0 bridgehead atoms. The van der Waals surface area contributed by atoms with Crippen molar-refractivity contribution in [3.8, 4) is 5.88 Å². The van der Waals surface area contributed by atoms with Crippen LogP contribution in [0.1, 0.15) is 41.5 Å². The number of carbonyl (C=O) groups excluding carboxylic acids is 1. The molecule has 164 valence electrons. The minimum Gasteiger partial charge on any atom is -0.477 e. The predicted octanol–water partition coefficient (Wildman–Crippen LogP) is 1.98. The fourth-order valence-corrected chi connectivity index (χ4v) is 3.80. The number of ether oxygens (including phenoxy) is 1. The molecule has 31 heavy (non-hydrogen) atoms. The highest BCUT2D eigenvalue weighted by Crippen LogP contribution is 2.23. The Bertz CT molecular complexity index is 1090. The summed E-state index contributed by atoms with van der Waals surface area (Å²) in [7, 11) is 1.99. The maximum absolute atomic E-state index is 13.0. The van der Waals surface area contributed by atoms with E-state index < -0.39 is 0 Å². The van der Waals surface area contributed by atoms with E-state index in [0.29, 0.717) is 24.4 Å². The molecule has 10 nitrogen and oxygen atoms in total. The first-order valence-electron chi connectivity index (χ1n) is 10.5. The third kappa shape index (κ3) is 4.43. The van der Waals surface area contributed by atoms with Gasteiger partial charge in [0.05, 0.1) is 24.2 Å². The van der Waals surface area contributed by atoms with E-state index in [1.54, 1.807) is 6.20 Å². The lowest BCUT2D eigenvalue weighted by atomic mass is 10.1. The predicted molar refractivity (Wildman–Crippen MR) is 118 cm³/mol. The van der Waals surface area contributed by atoms with Crippen molar-refractivity contribution >= 4 is 23.3 Å². The van der Waals surface area contributed by atoms with Gasteiger partial charge in [-0.15, -0.1) is 0 Å². The van der Waals surface area contributed by atoms with Crippen LogP contribution in [0.15, 0.2) is 18.6 Å². The van der Waals surface area contributed by atoms with Crippen molar-refractivity contribution in [1.29, 1.82) is 0 Å². The molecule has 3 aromatic rings. The van der Waals surface area contributed by atoms with Crippen molar-refractivity contribution in [1.82, 2.24) is 29.7 Å². The van der Waals surface area contributed by atoms with E-state index in [4.69, 9.17) is 4.74 Å². The molecule has 0 spiro atoms. The van der Waals surface area contributed by atoms with Crippen LogP contribution in [0.5, 0.6) is 5.88 Å². The average molecular weight is 425 g/mol. The minimum absolute atomic E-state index is 0.275. The molecule has 2 N–H and O–H groups in total. The van der Waals surface area contributed by atoms with Crippen LogP contribution in [0.25, 0.3) is 5.65 Å². The van der Waals surface area contributed by atoms with E-state index in [2.05, 4.69) is 35.5 Å². The summed E-state index contributed by atoms with van der Waals surface area (Å²) in [5.41, 5.74) is 2.65. The Balaban J connectivity index is 1.56. The van der Waals surface area contributed by atoms with Crippen molar-refractivity contribution in [2.24, 2.45) is 0 Å². The van der Waals surface area contributed by atoms with Gasteiger partial charge < -0.3 is 24.7 Å². The van der Waals surface area contributed by atoms with Gasteiger partial charge in [-0.3, -0.25) is 4.79 Å². The summed E-state index contributed by atoms with van der Waals surface area (Å²) in [5.74, 6) is 0.913. The zero-order valence-electron chi connectivity index (χ0n) is 18.3. The molecular weight excluding hydrogens is 396 g/mol. The quantitative estimate of drug-likeness (QED) is 0.618. The molecule has 0 radical (unpaired) electrons. The van der Waals surface area contributed by atoms with E-state index in [9.17, 15) is 4.79 Å². The molecule has 1 saturated heterocycles. The Morgan fingerprint density at radius 3 is 2.68 bits per heavy atom. The van der Waals surface area contributed by atoms with E-state index in [1.807, 2.05) is 38.4 Å². The minimum atomic E-state index is -0.369. The molecule has 0 saturated carbocycles. The Morgan fingerprint density at radius 1 is 1.19 bits per heavy atom. The Hall–Kier alpha value is -3.27. The number of nitrogens with one attached hydrogen (secondary N) is 2. The van der Waals surface area contributed by atoms with Crippen LogP contribution in [0.3, 0.4) is 0 Å². The molecule has 1 aliphatic heterocycles. The fourth-order valence-electron chi connectivity index (χ4n) is 3.80. The summed E-state index contributed by atoms with van der Waals surface area (Å²) in [6.07, 6.45) is 7.20. The maximum atomic E-state index is 13.0. The van der Waals surface area contributed by atoms with Gasteiger partial charge in [-0.2, -0.15) is 4.98 Å². The van der Waals surface area contributed by atoms with Crippen LogP contribution in [0.4, 0.5) is 11.8 Å². The Labute approximate surface area is 181 Å². The first-order valence-corrected chi connectivity index (χ1v) is 10.5. The van der Waals surface area contributed by atoms with Gasteiger partial charge in [0.1, 0.15) is 11.4 Å². The van der Waals surface area contributed by atoms with E-state index >= 15 is 0 Å². The number of hydrogen-bond donors (Lipinski definition) is 2. The highest BCUT2D eigenvalue weighted by molar-refractivity contribution is 6.05. The summed E-state index contributed by atoms with van der Waals surface area (Å²) < 4.78 is 7.53. The Kier molecular flexibility index (Phi) is 5.99. The third-order valence-corrected chi connectivity index (χ3v) is 5.42. The van der Waals surface area contributed by atoms with Crippen LogP contribution in [0.2, 0.25) is 0 Å². The summed E-state index contributed by atoms with van der Waals surface area (Å²) in [4.78, 5) is 33.0. The van der Waals surface area contributed by atoms with Gasteiger partial charge >= 0.3 is 0 Å². The lowest BCUT2D eigenvalue weighted by Gasteiger charge is -2.31. The van der Waals surface area contributed by atoms with Crippen LogP contribution in [0, 0.1) is 13.8 Å². The number of fused-ring (bicyclic) bond motifs is 1. The third-order valence-electron chi connectivity index (χ3n) is 5.42. The van der Waals surface area contributed by atoms with Gasteiger partial charge in [0, 0.05) is 31.5 Å². The zero-order chi connectivity index (χ0) is 22.0. The number of rotatable bonds is 6. The van der Waals surface area contributed by atoms with E-state index in [-0.39, 0.29) is 17.4 Å². The van der Waals surface area contributed by atoms with Gasteiger partial charge in [-0.1, -0.05) is 0 Å². The first kappa shape index (κ1) is 21.0. The SMILES string of the molecule is CCOc1nc(N2CCC(NC)CC2)ncc1C(=O)Nc1cn2cc(C)nc2c(C)n1. The second kappa shape index (κ2) is 8.84. The number of aryl methyl sites for hydroxylation is 2. The molecular formula is C21H28N8O2. The number of anilines is 2. The van der Waals surface area contributed by atoms with Gasteiger partial charge in [0.15, 0.2) is 5.65 Å². The van der Waals surface area contributed by atoms with Crippen LogP contribution >= 0.6 is 0 Å². The molecule has 10 heteroatoms. The maximum Gasteiger partial charge on any atom is 0.263 e. The van der Waals surface area contributed by atoms with E-state index in [1.165, 1.54) is 6.20 Å². The zero-order valence-corrected chi connectivity index (χ0v) is 18.3. The number of hydrogen-bond acceptors (Lipinski definition) is 8. The number of piperidine rings is 1. The van der Waals surface area contributed by atoms with Gasteiger partial charge in [-0.25, -0.2) is 15.0 Å². The van der Waals surface area contributed by atoms with Crippen molar-refractivity contribution in [2.75, 3.05) is 37.0 Å².